The van der Waals surface area contributed by atoms with Gasteiger partial charge in [-0.2, -0.15) is 0 Å². The van der Waals surface area contributed by atoms with E-state index in [1.54, 1.807) is 44.2 Å². The summed E-state index contributed by atoms with van der Waals surface area (Å²) in [5.74, 6) is -6.24. The van der Waals surface area contributed by atoms with E-state index in [1.807, 2.05) is 0 Å². The molecule has 0 aliphatic rings. The van der Waals surface area contributed by atoms with Gasteiger partial charge >= 0.3 is 5.97 Å². The zero-order chi connectivity index (χ0) is 43.6. The normalized spacial score (nSPS) is 14.6. The summed E-state index contributed by atoms with van der Waals surface area (Å²) in [6.07, 6.45) is 2.80. The molecular weight excluding hydrogens is 752 g/mol. The number of amides is 6. The van der Waals surface area contributed by atoms with Gasteiger partial charge in [0.15, 0.2) is 5.96 Å². The van der Waals surface area contributed by atoms with Crippen LogP contribution in [0.15, 0.2) is 35.3 Å². The van der Waals surface area contributed by atoms with Crippen LogP contribution >= 0.6 is 0 Å². The van der Waals surface area contributed by atoms with Crippen molar-refractivity contribution in [3.8, 4) is 0 Å². The van der Waals surface area contributed by atoms with Gasteiger partial charge in [-0.05, 0) is 82.4 Å². The average Bonchev–Trinajstić information content (AvgIpc) is 3.18. The minimum atomic E-state index is -1.39. The Bertz CT molecular complexity index is 1490. The van der Waals surface area contributed by atoms with Crippen LogP contribution in [0.2, 0.25) is 0 Å². The van der Waals surface area contributed by atoms with Crippen molar-refractivity contribution in [1.29, 1.82) is 0 Å². The predicted molar refractivity (Wildman–Crippen MR) is 219 cm³/mol. The number of primary amides is 1. The molecule has 1 aromatic rings. The highest BCUT2D eigenvalue weighted by Crippen LogP contribution is 2.13. The lowest BCUT2D eigenvalue weighted by molar-refractivity contribution is -0.142. The second kappa shape index (κ2) is 28.1. The van der Waals surface area contributed by atoms with Crippen molar-refractivity contribution in [2.45, 2.75) is 127 Å². The Kier molecular flexibility index (Phi) is 24.6. The SMILES string of the molecule is CC[C@H](C)[C@H](NC(=O)[C@H](CCCCN)NC(=O)[C@H](CCCCN)NC(=O)[C@@H](N)CCCN=C(N)N)C(=O)N[C@@H](CCC(N)=O)C(=O)N[C@@H](Cc1ccccc1)C(=O)O. The molecule has 20 nitrogen and oxygen atoms in total. The number of benzene rings is 1. The molecule has 1 aromatic carbocycles. The zero-order valence-corrected chi connectivity index (χ0v) is 33.8. The van der Waals surface area contributed by atoms with E-state index < -0.39 is 83.6 Å². The van der Waals surface area contributed by atoms with Crippen molar-refractivity contribution in [2.75, 3.05) is 19.6 Å². The van der Waals surface area contributed by atoms with E-state index in [-0.39, 0.29) is 51.0 Å². The van der Waals surface area contributed by atoms with Crippen LogP contribution in [0.25, 0.3) is 0 Å². The molecule has 0 aromatic heterocycles. The van der Waals surface area contributed by atoms with Crippen LogP contribution in [0.5, 0.6) is 0 Å². The molecule has 1 rings (SSSR count). The van der Waals surface area contributed by atoms with Crippen LogP contribution in [0.4, 0.5) is 0 Å². The molecule has 20 heteroatoms. The maximum atomic E-state index is 13.9. The van der Waals surface area contributed by atoms with Gasteiger partial charge in [-0.15, -0.1) is 0 Å². The summed E-state index contributed by atoms with van der Waals surface area (Å²) >= 11 is 0. The Labute approximate surface area is 340 Å². The Morgan fingerprint density at radius 3 is 1.66 bits per heavy atom. The first-order chi connectivity index (χ1) is 27.5. The van der Waals surface area contributed by atoms with Gasteiger partial charge < -0.3 is 66.1 Å². The van der Waals surface area contributed by atoms with Crippen molar-refractivity contribution in [1.82, 2.24) is 26.6 Å². The highest BCUT2D eigenvalue weighted by Gasteiger charge is 2.34. The number of carboxylic acids is 1. The Balaban J connectivity index is 3.28. The van der Waals surface area contributed by atoms with Crippen molar-refractivity contribution < 1.29 is 38.7 Å². The summed E-state index contributed by atoms with van der Waals surface area (Å²) in [5.41, 5.74) is 34.1. The van der Waals surface area contributed by atoms with E-state index >= 15 is 0 Å². The summed E-state index contributed by atoms with van der Waals surface area (Å²) in [7, 11) is 0. The second-order valence-electron chi connectivity index (χ2n) is 14.3. The number of nitrogens with one attached hydrogen (secondary N) is 5. The fourth-order valence-corrected chi connectivity index (χ4v) is 5.82. The van der Waals surface area contributed by atoms with Gasteiger partial charge in [0.05, 0.1) is 6.04 Å². The number of aliphatic carboxylic acids is 1. The first-order valence-electron chi connectivity index (χ1n) is 19.8. The molecule has 0 unspecified atom stereocenters. The number of nitrogens with two attached hydrogens (primary N) is 6. The van der Waals surface area contributed by atoms with E-state index in [1.165, 1.54) is 0 Å². The predicted octanol–water partition coefficient (Wildman–Crippen LogP) is -2.31. The highest BCUT2D eigenvalue weighted by atomic mass is 16.4. The fourth-order valence-electron chi connectivity index (χ4n) is 5.82. The molecule has 0 spiro atoms. The van der Waals surface area contributed by atoms with Crippen molar-refractivity contribution in [2.24, 2.45) is 45.3 Å². The minimum absolute atomic E-state index is 0.0493. The first kappa shape index (κ1) is 50.7. The largest absolute Gasteiger partial charge is 0.480 e. The maximum absolute atomic E-state index is 13.9. The summed E-state index contributed by atoms with van der Waals surface area (Å²) in [6, 6.07) is 1.43. The number of aliphatic imine (C=N–C) groups is 1. The molecule has 0 saturated carbocycles. The smallest absolute Gasteiger partial charge is 0.326 e. The molecule has 0 aliphatic carbocycles. The molecular formula is C38H66N12O8. The molecule has 0 bridgehead atoms. The van der Waals surface area contributed by atoms with Gasteiger partial charge in [0.25, 0.3) is 0 Å². The summed E-state index contributed by atoms with van der Waals surface area (Å²) in [5, 5.41) is 23.0. The van der Waals surface area contributed by atoms with Gasteiger partial charge in [-0.3, -0.25) is 33.8 Å². The third-order valence-corrected chi connectivity index (χ3v) is 9.47. The number of unbranched alkanes of at least 4 members (excludes halogenated alkanes) is 2. The molecule has 0 saturated heterocycles. The van der Waals surface area contributed by atoms with Gasteiger partial charge in [0.2, 0.25) is 35.4 Å². The van der Waals surface area contributed by atoms with Crippen LogP contribution in [0, 0.1) is 5.92 Å². The number of guanidine groups is 1. The quantitative estimate of drug-likeness (QED) is 0.0221. The standard InChI is InChI=1S/C38H66N12O8/c1-3-23(2)31(36(56)48-28(17-18-30(42)51)34(54)49-29(37(57)58)22-24-12-5-4-6-13-24)50-35(55)27(16-8-10-20-40)47-33(53)26(15-7-9-19-39)46-32(52)25(41)14-11-21-45-38(43)44/h4-6,12-13,23,25-29,31H,3,7-11,14-22,39-41H2,1-2H3,(H2,42,51)(H,46,52)(H,47,53)(H,48,56)(H,49,54)(H,50,55)(H,57,58)(H4,43,44,45)/t23-,25-,26-,27-,28-,29-,31-/m0/s1. The lowest BCUT2D eigenvalue weighted by atomic mass is 9.96. The van der Waals surface area contributed by atoms with E-state index in [2.05, 4.69) is 31.6 Å². The molecule has 0 radical (unpaired) electrons. The topological polar surface area (TPSA) is 368 Å². The van der Waals surface area contributed by atoms with Gasteiger partial charge in [0, 0.05) is 19.4 Å². The number of rotatable bonds is 30. The molecule has 0 fully saturated rings. The first-order valence-corrected chi connectivity index (χ1v) is 19.8. The van der Waals surface area contributed by atoms with Crippen LogP contribution < -0.4 is 61.0 Å². The molecule has 18 N–H and O–H groups in total. The fraction of sp³-hybridized carbons (Fsp3) is 0.632. The van der Waals surface area contributed by atoms with Crippen LogP contribution in [0.1, 0.15) is 90.0 Å². The van der Waals surface area contributed by atoms with E-state index in [0.717, 1.165) is 0 Å². The lowest BCUT2D eigenvalue weighted by Gasteiger charge is -2.29. The number of hydrogen-bond donors (Lipinski definition) is 12. The van der Waals surface area contributed by atoms with Crippen molar-refractivity contribution in [3.05, 3.63) is 35.9 Å². The van der Waals surface area contributed by atoms with E-state index in [4.69, 9.17) is 34.4 Å². The van der Waals surface area contributed by atoms with Crippen molar-refractivity contribution >= 4 is 47.4 Å². The molecule has 7 atom stereocenters. The second-order valence-corrected chi connectivity index (χ2v) is 14.3. The molecule has 58 heavy (non-hydrogen) atoms. The van der Waals surface area contributed by atoms with Gasteiger partial charge in [-0.1, -0.05) is 50.6 Å². The molecule has 326 valence electrons. The van der Waals surface area contributed by atoms with Gasteiger partial charge in [0.1, 0.15) is 30.2 Å². The Morgan fingerprint density at radius 1 is 0.655 bits per heavy atom. The molecule has 0 heterocycles. The zero-order valence-electron chi connectivity index (χ0n) is 33.8. The number of nitrogens with zero attached hydrogens (tertiary/aromatic N) is 1. The monoisotopic (exact) mass is 819 g/mol. The van der Waals surface area contributed by atoms with E-state index in [9.17, 15) is 38.7 Å². The number of carboxylic acid groups (broad SMARTS) is 1. The van der Waals surface area contributed by atoms with Crippen LogP contribution in [0.3, 0.4) is 0 Å². The third-order valence-electron chi connectivity index (χ3n) is 9.47. The summed E-state index contributed by atoms with van der Waals surface area (Å²) in [4.78, 5) is 95.8. The van der Waals surface area contributed by atoms with E-state index in [0.29, 0.717) is 57.2 Å². The third kappa shape index (κ3) is 20.2. The lowest BCUT2D eigenvalue weighted by Crippen LogP contribution is -2.60. The number of hydrogen-bond acceptors (Lipinski definition) is 11. The molecule has 6 amide bonds. The van der Waals surface area contributed by atoms with Crippen molar-refractivity contribution in [3.63, 3.8) is 0 Å². The summed E-state index contributed by atoms with van der Waals surface area (Å²) < 4.78 is 0. The van der Waals surface area contributed by atoms with Crippen LogP contribution in [-0.2, 0) is 40.0 Å². The number of carbonyl (C=O) groups is 7. The Morgan fingerprint density at radius 2 is 1.16 bits per heavy atom. The number of carbonyl (C=O) groups excluding carboxylic acids is 6. The van der Waals surface area contributed by atoms with Gasteiger partial charge in [-0.25, -0.2) is 4.79 Å². The Hall–Kier alpha value is -5.34. The average molecular weight is 819 g/mol. The maximum Gasteiger partial charge on any atom is 0.326 e. The summed E-state index contributed by atoms with van der Waals surface area (Å²) in [6.45, 7) is 4.43. The molecule has 0 aliphatic heterocycles. The minimum Gasteiger partial charge on any atom is -0.480 e. The highest BCUT2D eigenvalue weighted by molar-refractivity contribution is 5.96. The van der Waals surface area contributed by atoms with Crippen LogP contribution in [-0.4, -0.2) is 108 Å².